The first kappa shape index (κ1) is 15.5. The lowest BCUT2D eigenvalue weighted by Crippen LogP contribution is -2.41. The molecule has 0 radical (unpaired) electrons. The standard InChI is InChI=1S/C16H25NO2S/c1-11(13-10-12(19-2)8-9-15(13)18)17-14-6-4-5-7-16(14)20-3/h8-11,14,16-18H,4-7H2,1-3H3. The second kappa shape index (κ2) is 7.23. The molecule has 0 saturated heterocycles. The lowest BCUT2D eigenvalue weighted by Gasteiger charge is -2.33. The lowest BCUT2D eigenvalue weighted by atomic mass is 9.93. The van der Waals surface area contributed by atoms with E-state index < -0.39 is 0 Å². The number of phenols is 1. The number of aromatic hydroxyl groups is 1. The molecule has 0 heterocycles. The Labute approximate surface area is 126 Å². The van der Waals surface area contributed by atoms with E-state index in [0.717, 1.165) is 11.3 Å². The van der Waals surface area contributed by atoms with E-state index >= 15 is 0 Å². The van der Waals surface area contributed by atoms with E-state index in [2.05, 4.69) is 18.5 Å². The van der Waals surface area contributed by atoms with Crippen LogP contribution in [0.15, 0.2) is 18.2 Å². The van der Waals surface area contributed by atoms with E-state index in [4.69, 9.17) is 4.74 Å². The van der Waals surface area contributed by atoms with Crippen molar-refractivity contribution in [1.29, 1.82) is 0 Å². The van der Waals surface area contributed by atoms with Crippen molar-refractivity contribution in [2.75, 3.05) is 13.4 Å². The molecule has 1 fully saturated rings. The molecule has 0 aliphatic heterocycles. The first-order valence-corrected chi connectivity index (χ1v) is 8.60. The minimum atomic E-state index is 0.128. The molecule has 1 aromatic carbocycles. The molecule has 1 aliphatic rings. The first-order valence-electron chi connectivity index (χ1n) is 7.31. The number of benzene rings is 1. The number of hydrogen-bond acceptors (Lipinski definition) is 4. The van der Waals surface area contributed by atoms with E-state index in [1.54, 1.807) is 19.2 Å². The monoisotopic (exact) mass is 295 g/mol. The molecule has 0 bridgehead atoms. The van der Waals surface area contributed by atoms with Gasteiger partial charge in [-0.1, -0.05) is 12.8 Å². The van der Waals surface area contributed by atoms with Crippen LogP contribution in [0.4, 0.5) is 0 Å². The summed E-state index contributed by atoms with van der Waals surface area (Å²) in [6, 6.07) is 6.07. The van der Waals surface area contributed by atoms with Gasteiger partial charge in [-0.2, -0.15) is 11.8 Å². The van der Waals surface area contributed by atoms with Gasteiger partial charge < -0.3 is 15.2 Å². The normalized spacial score (nSPS) is 24.4. The summed E-state index contributed by atoms with van der Waals surface area (Å²) >= 11 is 1.95. The molecule has 112 valence electrons. The van der Waals surface area contributed by atoms with Gasteiger partial charge in [0.2, 0.25) is 0 Å². The Kier molecular flexibility index (Phi) is 5.61. The molecular formula is C16H25NO2S. The highest BCUT2D eigenvalue weighted by Gasteiger charge is 2.26. The maximum absolute atomic E-state index is 10.1. The third kappa shape index (κ3) is 3.61. The summed E-state index contributed by atoms with van der Waals surface area (Å²) in [7, 11) is 1.65. The molecule has 2 N–H and O–H groups in total. The molecule has 1 aromatic rings. The van der Waals surface area contributed by atoms with Gasteiger partial charge in [0, 0.05) is 22.9 Å². The van der Waals surface area contributed by atoms with Crippen molar-refractivity contribution in [2.24, 2.45) is 0 Å². The van der Waals surface area contributed by atoms with Crippen LogP contribution in [0.5, 0.6) is 11.5 Å². The molecule has 0 amide bonds. The molecule has 0 aromatic heterocycles. The average Bonchev–Trinajstić information content (AvgIpc) is 2.48. The zero-order chi connectivity index (χ0) is 14.5. The first-order chi connectivity index (χ1) is 9.65. The molecule has 0 spiro atoms. The summed E-state index contributed by atoms with van der Waals surface area (Å²) in [6.07, 6.45) is 7.34. The predicted molar refractivity (Wildman–Crippen MR) is 85.8 cm³/mol. The number of hydrogen-bond donors (Lipinski definition) is 2. The van der Waals surface area contributed by atoms with Crippen molar-refractivity contribution in [1.82, 2.24) is 5.32 Å². The van der Waals surface area contributed by atoms with Gasteiger partial charge in [-0.25, -0.2) is 0 Å². The largest absolute Gasteiger partial charge is 0.508 e. The zero-order valence-electron chi connectivity index (χ0n) is 12.6. The van der Waals surface area contributed by atoms with Gasteiger partial charge in [0.1, 0.15) is 11.5 Å². The third-order valence-corrected chi connectivity index (χ3v) is 5.34. The number of ether oxygens (including phenoxy) is 1. The summed E-state index contributed by atoms with van der Waals surface area (Å²) in [4.78, 5) is 0. The van der Waals surface area contributed by atoms with E-state index in [1.807, 2.05) is 17.8 Å². The lowest BCUT2D eigenvalue weighted by molar-refractivity contribution is 0.349. The second-order valence-corrected chi connectivity index (χ2v) is 6.56. The van der Waals surface area contributed by atoms with Gasteiger partial charge in [-0.3, -0.25) is 0 Å². The Morgan fingerprint density at radius 2 is 2.10 bits per heavy atom. The van der Waals surface area contributed by atoms with E-state index in [-0.39, 0.29) is 6.04 Å². The van der Waals surface area contributed by atoms with Crippen LogP contribution in [-0.2, 0) is 0 Å². The molecular weight excluding hydrogens is 270 g/mol. The fraction of sp³-hybridized carbons (Fsp3) is 0.625. The van der Waals surface area contributed by atoms with E-state index in [1.165, 1.54) is 25.7 Å². The van der Waals surface area contributed by atoms with Gasteiger partial charge in [-0.05, 0) is 44.2 Å². The van der Waals surface area contributed by atoms with E-state index in [0.29, 0.717) is 17.0 Å². The highest BCUT2D eigenvalue weighted by Crippen LogP contribution is 2.32. The number of thioether (sulfide) groups is 1. The molecule has 3 atom stereocenters. The van der Waals surface area contributed by atoms with Crippen LogP contribution in [0.1, 0.15) is 44.2 Å². The van der Waals surface area contributed by atoms with Crippen molar-refractivity contribution in [3.05, 3.63) is 23.8 Å². The van der Waals surface area contributed by atoms with Crippen molar-refractivity contribution in [3.8, 4) is 11.5 Å². The fourth-order valence-electron chi connectivity index (χ4n) is 2.99. The molecule has 3 unspecified atom stereocenters. The van der Waals surface area contributed by atoms with Crippen LogP contribution in [-0.4, -0.2) is 29.8 Å². The minimum absolute atomic E-state index is 0.128. The molecule has 1 saturated carbocycles. The molecule has 20 heavy (non-hydrogen) atoms. The Morgan fingerprint density at radius 3 is 2.80 bits per heavy atom. The summed E-state index contributed by atoms with van der Waals surface area (Å²) in [6.45, 7) is 2.11. The number of nitrogens with one attached hydrogen (secondary N) is 1. The maximum Gasteiger partial charge on any atom is 0.120 e. The van der Waals surface area contributed by atoms with Gasteiger partial charge in [0.15, 0.2) is 0 Å². The van der Waals surface area contributed by atoms with Crippen molar-refractivity contribution in [3.63, 3.8) is 0 Å². The summed E-state index contributed by atoms with van der Waals surface area (Å²) in [5.74, 6) is 1.12. The maximum atomic E-state index is 10.1. The number of rotatable bonds is 5. The summed E-state index contributed by atoms with van der Waals surface area (Å²) in [5, 5.41) is 14.4. The fourth-order valence-corrected chi connectivity index (χ4v) is 3.93. The molecule has 1 aliphatic carbocycles. The van der Waals surface area contributed by atoms with Crippen LogP contribution in [0.25, 0.3) is 0 Å². The number of phenolic OH excluding ortho intramolecular Hbond substituents is 1. The van der Waals surface area contributed by atoms with Crippen LogP contribution in [0, 0.1) is 0 Å². The Hall–Kier alpha value is -0.870. The summed E-state index contributed by atoms with van der Waals surface area (Å²) < 4.78 is 5.25. The quantitative estimate of drug-likeness (QED) is 0.868. The highest BCUT2D eigenvalue weighted by atomic mass is 32.2. The topological polar surface area (TPSA) is 41.5 Å². The van der Waals surface area contributed by atoms with Gasteiger partial charge in [0.05, 0.1) is 7.11 Å². The van der Waals surface area contributed by atoms with Crippen LogP contribution >= 0.6 is 11.8 Å². The predicted octanol–water partition coefficient (Wildman–Crippen LogP) is 3.73. The van der Waals surface area contributed by atoms with Crippen molar-refractivity contribution in [2.45, 2.75) is 49.9 Å². The third-order valence-electron chi connectivity index (χ3n) is 4.17. The van der Waals surface area contributed by atoms with Gasteiger partial charge >= 0.3 is 0 Å². The molecule has 3 nitrogen and oxygen atoms in total. The smallest absolute Gasteiger partial charge is 0.120 e. The highest BCUT2D eigenvalue weighted by molar-refractivity contribution is 7.99. The summed E-state index contributed by atoms with van der Waals surface area (Å²) in [5.41, 5.74) is 0.912. The van der Waals surface area contributed by atoms with E-state index in [9.17, 15) is 5.11 Å². The van der Waals surface area contributed by atoms with Crippen molar-refractivity contribution >= 4 is 11.8 Å². The SMILES string of the molecule is COc1ccc(O)c(C(C)NC2CCCCC2SC)c1. The van der Waals surface area contributed by atoms with Crippen molar-refractivity contribution < 1.29 is 9.84 Å². The van der Waals surface area contributed by atoms with Crippen LogP contribution < -0.4 is 10.1 Å². The van der Waals surface area contributed by atoms with Gasteiger partial charge in [0.25, 0.3) is 0 Å². The average molecular weight is 295 g/mol. The van der Waals surface area contributed by atoms with Gasteiger partial charge in [-0.15, -0.1) is 0 Å². The molecule has 2 rings (SSSR count). The Morgan fingerprint density at radius 1 is 1.35 bits per heavy atom. The molecule has 4 heteroatoms. The number of methoxy groups -OCH3 is 1. The Balaban J connectivity index is 2.08. The minimum Gasteiger partial charge on any atom is -0.508 e. The van der Waals surface area contributed by atoms with Crippen LogP contribution in [0.3, 0.4) is 0 Å². The zero-order valence-corrected chi connectivity index (χ0v) is 13.4. The second-order valence-electron chi connectivity index (χ2n) is 5.48. The Bertz CT molecular complexity index is 438. The van der Waals surface area contributed by atoms with Crippen LogP contribution in [0.2, 0.25) is 0 Å².